The number of nitrogens with zero attached hydrogens (tertiary/aromatic N) is 1. The normalized spacial score (nSPS) is 23.7. The largest absolute Gasteiger partial charge is 0.243 e. The molecular formula is C17H23NO2S. The molecule has 21 heavy (non-hydrogen) atoms. The summed E-state index contributed by atoms with van der Waals surface area (Å²) >= 11 is 0. The van der Waals surface area contributed by atoms with Gasteiger partial charge in [-0.1, -0.05) is 29.3 Å². The van der Waals surface area contributed by atoms with Crippen LogP contribution in [0.4, 0.5) is 0 Å². The predicted molar refractivity (Wildman–Crippen MR) is 84.6 cm³/mol. The summed E-state index contributed by atoms with van der Waals surface area (Å²) in [4.78, 5) is 0.421. The van der Waals surface area contributed by atoms with Crippen LogP contribution in [0, 0.1) is 6.92 Å². The molecule has 114 valence electrons. The Morgan fingerprint density at radius 1 is 1.10 bits per heavy atom. The lowest BCUT2D eigenvalue weighted by Gasteiger charge is -2.22. The molecule has 2 aliphatic rings. The van der Waals surface area contributed by atoms with Crippen molar-refractivity contribution in [1.29, 1.82) is 0 Å². The quantitative estimate of drug-likeness (QED) is 0.799. The van der Waals surface area contributed by atoms with Crippen LogP contribution in [-0.4, -0.2) is 25.3 Å². The Labute approximate surface area is 127 Å². The fourth-order valence-corrected chi connectivity index (χ4v) is 4.99. The molecule has 0 N–H and O–H groups in total. The molecule has 1 aromatic rings. The summed E-state index contributed by atoms with van der Waals surface area (Å²) < 4.78 is 27.4. The van der Waals surface area contributed by atoms with Gasteiger partial charge >= 0.3 is 0 Å². The lowest BCUT2D eigenvalue weighted by Crippen LogP contribution is -2.34. The average Bonchev–Trinajstić information content (AvgIpc) is 3.11. The molecule has 4 heteroatoms. The first kappa shape index (κ1) is 14.8. The van der Waals surface area contributed by atoms with E-state index in [1.54, 1.807) is 16.4 Å². The molecule has 2 fully saturated rings. The van der Waals surface area contributed by atoms with Crippen molar-refractivity contribution in [3.63, 3.8) is 0 Å². The number of allylic oxidation sites excluding steroid dienone is 1. The van der Waals surface area contributed by atoms with Gasteiger partial charge in [0.05, 0.1) is 4.90 Å². The van der Waals surface area contributed by atoms with Crippen LogP contribution in [0.2, 0.25) is 0 Å². The Morgan fingerprint density at radius 3 is 2.43 bits per heavy atom. The highest BCUT2D eigenvalue weighted by molar-refractivity contribution is 7.89. The number of sulfonamides is 1. The minimum Gasteiger partial charge on any atom is -0.207 e. The molecule has 3 nitrogen and oxygen atoms in total. The van der Waals surface area contributed by atoms with Crippen molar-refractivity contribution in [2.75, 3.05) is 6.54 Å². The smallest absolute Gasteiger partial charge is 0.207 e. The van der Waals surface area contributed by atoms with Crippen molar-refractivity contribution in [2.45, 2.75) is 56.4 Å². The molecule has 1 saturated heterocycles. The topological polar surface area (TPSA) is 37.4 Å². The first-order chi connectivity index (χ1) is 10.1. The zero-order valence-electron chi connectivity index (χ0n) is 12.6. The van der Waals surface area contributed by atoms with Crippen molar-refractivity contribution in [2.24, 2.45) is 0 Å². The molecule has 0 aromatic heterocycles. The second-order valence-corrected chi connectivity index (χ2v) is 8.06. The molecule has 1 heterocycles. The predicted octanol–water partition coefficient (Wildman–Crippen LogP) is 3.65. The van der Waals surface area contributed by atoms with E-state index in [0.717, 1.165) is 31.2 Å². The summed E-state index contributed by atoms with van der Waals surface area (Å²) in [5, 5.41) is 0. The van der Waals surface area contributed by atoms with Gasteiger partial charge < -0.3 is 0 Å². The summed E-state index contributed by atoms with van der Waals surface area (Å²) in [6, 6.07) is 7.25. The molecule has 0 radical (unpaired) electrons. The van der Waals surface area contributed by atoms with E-state index in [0.29, 0.717) is 11.4 Å². The third-order valence-electron chi connectivity index (χ3n) is 4.55. The molecule has 3 rings (SSSR count). The van der Waals surface area contributed by atoms with Gasteiger partial charge in [0.25, 0.3) is 0 Å². The number of benzene rings is 1. The Kier molecular flexibility index (Phi) is 4.18. The maximum Gasteiger partial charge on any atom is 0.243 e. The summed E-state index contributed by atoms with van der Waals surface area (Å²) in [6.45, 7) is 2.62. The Morgan fingerprint density at radius 2 is 1.76 bits per heavy atom. The molecule has 1 unspecified atom stereocenters. The van der Waals surface area contributed by atoms with Crippen molar-refractivity contribution in [1.82, 2.24) is 4.31 Å². The minimum atomic E-state index is -3.36. The van der Waals surface area contributed by atoms with Gasteiger partial charge in [-0.15, -0.1) is 0 Å². The maximum atomic E-state index is 12.8. The van der Waals surface area contributed by atoms with Crippen molar-refractivity contribution in [3.8, 4) is 0 Å². The van der Waals surface area contributed by atoms with Gasteiger partial charge in [0.15, 0.2) is 0 Å². The highest BCUT2D eigenvalue weighted by Gasteiger charge is 2.34. The van der Waals surface area contributed by atoms with Crippen LogP contribution in [0.3, 0.4) is 0 Å². The fourth-order valence-electron chi connectivity index (χ4n) is 3.34. The molecule has 1 aliphatic heterocycles. The monoisotopic (exact) mass is 305 g/mol. The van der Waals surface area contributed by atoms with Crippen LogP contribution in [0.25, 0.3) is 0 Å². The van der Waals surface area contributed by atoms with Crippen LogP contribution in [0.5, 0.6) is 0 Å². The second-order valence-electron chi connectivity index (χ2n) is 6.17. The van der Waals surface area contributed by atoms with Gasteiger partial charge in [-0.05, 0) is 57.6 Å². The fraction of sp³-hybridized carbons (Fsp3) is 0.529. The lowest BCUT2D eigenvalue weighted by molar-refractivity contribution is 0.431. The number of rotatable bonds is 3. The Hall–Kier alpha value is -1.13. The lowest BCUT2D eigenvalue weighted by atomic mass is 10.1. The first-order valence-corrected chi connectivity index (χ1v) is 9.29. The van der Waals surface area contributed by atoms with Crippen LogP contribution in [0.1, 0.15) is 44.1 Å². The highest BCUT2D eigenvalue weighted by Crippen LogP contribution is 2.31. The third-order valence-corrected chi connectivity index (χ3v) is 6.49. The zero-order valence-corrected chi connectivity index (χ0v) is 13.4. The van der Waals surface area contributed by atoms with Gasteiger partial charge in [0.1, 0.15) is 0 Å². The Bertz CT molecular complexity index is 623. The molecule has 0 amide bonds. The van der Waals surface area contributed by atoms with Crippen LogP contribution in [-0.2, 0) is 10.0 Å². The molecule has 0 bridgehead atoms. The summed E-state index contributed by atoms with van der Waals surface area (Å²) in [7, 11) is -3.36. The van der Waals surface area contributed by atoms with E-state index in [1.807, 2.05) is 19.1 Å². The SMILES string of the molecule is Cc1ccc(S(=O)(=O)N2CCCC2C=C2CCCC2)cc1. The molecular weight excluding hydrogens is 282 g/mol. The van der Waals surface area contributed by atoms with Gasteiger partial charge in [-0.2, -0.15) is 4.31 Å². The van der Waals surface area contributed by atoms with Crippen molar-refractivity contribution in [3.05, 3.63) is 41.5 Å². The average molecular weight is 305 g/mol. The maximum absolute atomic E-state index is 12.8. The van der Waals surface area contributed by atoms with Gasteiger partial charge in [0, 0.05) is 12.6 Å². The van der Waals surface area contributed by atoms with Crippen molar-refractivity contribution >= 4 is 10.0 Å². The number of hydrogen-bond donors (Lipinski definition) is 0. The summed E-state index contributed by atoms with van der Waals surface area (Å²) in [6.07, 6.45) is 8.94. The standard InChI is InChI=1S/C17H23NO2S/c1-14-8-10-17(11-9-14)21(19,20)18-12-4-7-16(18)13-15-5-2-3-6-15/h8-11,13,16H,2-7,12H2,1H3. The number of hydrogen-bond acceptors (Lipinski definition) is 2. The van der Waals surface area contributed by atoms with Crippen LogP contribution in [0.15, 0.2) is 40.8 Å². The van der Waals surface area contributed by atoms with Gasteiger partial charge in [0.2, 0.25) is 10.0 Å². The Balaban J connectivity index is 1.86. The first-order valence-electron chi connectivity index (χ1n) is 7.85. The third kappa shape index (κ3) is 3.06. The van der Waals surface area contributed by atoms with E-state index in [9.17, 15) is 8.42 Å². The molecule has 1 saturated carbocycles. The molecule has 0 spiro atoms. The van der Waals surface area contributed by atoms with E-state index < -0.39 is 10.0 Å². The van der Waals surface area contributed by atoms with Crippen molar-refractivity contribution < 1.29 is 8.42 Å². The second kappa shape index (κ2) is 5.93. The zero-order chi connectivity index (χ0) is 14.9. The van der Waals surface area contributed by atoms with Crippen LogP contribution >= 0.6 is 0 Å². The number of aryl methyl sites for hydroxylation is 1. The van der Waals surface area contributed by atoms with E-state index in [2.05, 4.69) is 6.08 Å². The summed E-state index contributed by atoms with van der Waals surface area (Å²) in [5.74, 6) is 0. The van der Waals surface area contributed by atoms with Crippen LogP contribution < -0.4 is 0 Å². The molecule has 1 aliphatic carbocycles. The van der Waals surface area contributed by atoms with E-state index in [4.69, 9.17) is 0 Å². The van der Waals surface area contributed by atoms with E-state index in [1.165, 1.54) is 18.4 Å². The van der Waals surface area contributed by atoms with Gasteiger partial charge in [-0.25, -0.2) is 8.42 Å². The molecule has 1 aromatic carbocycles. The molecule has 1 atom stereocenters. The van der Waals surface area contributed by atoms with Gasteiger partial charge in [-0.3, -0.25) is 0 Å². The van der Waals surface area contributed by atoms with E-state index in [-0.39, 0.29) is 6.04 Å². The van der Waals surface area contributed by atoms with E-state index >= 15 is 0 Å². The minimum absolute atomic E-state index is 0.0596. The summed E-state index contributed by atoms with van der Waals surface area (Å²) in [5.41, 5.74) is 2.53. The highest BCUT2D eigenvalue weighted by atomic mass is 32.2.